The van der Waals surface area contributed by atoms with Gasteiger partial charge in [0.05, 0.1) is 11.2 Å². The van der Waals surface area contributed by atoms with Crippen LogP contribution in [0.5, 0.6) is 0 Å². The smallest absolute Gasteiger partial charge is 0.144 e. The Kier molecular flexibility index (Phi) is 4.61. The average Bonchev–Trinajstić information content (AvgIpc) is 2.55. The molecule has 0 aliphatic heterocycles. The van der Waals surface area contributed by atoms with E-state index in [2.05, 4.69) is 15.3 Å². The van der Waals surface area contributed by atoms with Gasteiger partial charge in [-0.05, 0) is 35.9 Å². The van der Waals surface area contributed by atoms with Crippen LogP contribution in [0.15, 0.2) is 48.8 Å². The highest BCUT2D eigenvalue weighted by Gasteiger charge is 2.06. The Morgan fingerprint density at radius 2 is 1.86 bits per heavy atom. The lowest BCUT2D eigenvalue weighted by Crippen LogP contribution is -2.18. The molecule has 0 amide bonds. The summed E-state index contributed by atoms with van der Waals surface area (Å²) in [6.07, 6.45) is 3.91. The van der Waals surface area contributed by atoms with E-state index in [1.165, 1.54) is 6.07 Å². The molecular weight excluding hydrogens is 301 g/mol. The van der Waals surface area contributed by atoms with Crippen molar-refractivity contribution in [1.82, 2.24) is 15.3 Å². The summed E-state index contributed by atoms with van der Waals surface area (Å²) in [5.74, 6) is -0.261. The monoisotopic (exact) mass is 315 g/mol. The van der Waals surface area contributed by atoms with Crippen LogP contribution in [0.25, 0.3) is 10.9 Å². The molecule has 0 saturated heterocycles. The lowest BCUT2D eigenvalue weighted by Gasteiger charge is -2.09. The van der Waals surface area contributed by atoms with E-state index < -0.39 is 0 Å². The van der Waals surface area contributed by atoms with Gasteiger partial charge in [-0.15, -0.1) is 0 Å². The van der Waals surface area contributed by atoms with E-state index in [4.69, 9.17) is 11.6 Å². The Morgan fingerprint density at radius 3 is 2.73 bits per heavy atom. The molecule has 3 rings (SSSR count). The third-order valence-electron chi connectivity index (χ3n) is 3.49. The number of nitrogens with one attached hydrogen (secondary N) is 1. The number of aromatic nitrogens is 2. The van der Waals surface area contributed by atoms with Gasteiger partial charge in [-0.25, -0.2) is 4.39 Å². The normalized spacial score (nSPS) is 11.0. The van der Waals surface area contributed by atoms with Gasteiger partial charge < -0.3 is 5.32 Å². The molecule has 5 heteroatoms. The van der Waals surface area contributed by atoms with Crippen LogP contribution >= 0.6 is 11.6 Å². The Morgan fingerprint density at radius 1 is 1.05 bits per heavy atom. The molecule has 0 spiro atoms. The van der Waals surface area contributed by atoms with Crippen LogP contribution in [0.2, 0.25) is 5.02 Å². The van der Waals surface area contributed by atoms with Crippen LogP contribution in [-0.2, 0) is 13.0 Å². The summed E-state index contributed by atoms with van der Waals surface area (Å²) in [7, 11) is 0. The number of fused-ring (bicyclic) bond motifs is 1. The van der Waals surface area contributed by atoms with Crippen molar-refractivity contribution < 1.29 is 4.39 Å². The Bertz CT molecular complexity index is 792. The minimum atomic E-state index is -0.261. The van der Waals surface area contributed by atoms with E-state index in [0.717, 1.165) is 16.5 Å². The van der Waals surface area contributed by atoms with Crippen molar-refractivity contribution in [2.75, 3.05) is 6.54 Å². The first-order valence-corrected chi connectivity index (χ1v) is 7.46. The summed E-state index contributed by atoms with van der Waals surface area (Å²) < 4.78 is 13.5. The summed E-state index contributed by atoms with van der Waals surface area (Å²) >= 11 is 6.18. The summed E-state index contributed by atoms with van der Waals surface area (Å²) in [5, 5.41) is 4.94. The summed E-state index contributed by atoms with van der Waals surface area (Å²) in [4.78, 5) is 8.44. The lowest BCUT2D eigenvalue weighted by atomic mass is 10.1. The largest absolute Gasteiger partial charge is 0.312 e. The fraction of sp³-hybridized carbons (Fsp3) is 0.176. The van der Waals surface area contributed by atoms with Crippen molar-refractivity contribution >= 4 is 22.5 Å². The van der Waals surface area contributed by atoms with Gasteiger partial charge in [0, 0.05) is 42.3 Å². The van der Waals surface area contributed by atoms with E-state index in [0.29, 0.717) is 30.2 Å². The van der Waals surface area contributed by atoms with Crippen LogP contribution in [0.4, 0.5) is 4.39 Å². The first kappa shape index (κ1) is 14.9. The molecule has 0 atom stereocenters. The molecule has 3 aromatic rings. The topological polar surface area (TPSA) is 37.8 Å². The van der Waals surface area contributed by atoms with Crippen molar-refractivity contribution in [2.45, 2.75) is 13.0 Å². The van der Waals surface area contributed by atoms with Gasteiger partial charge in [0.25, 0.3) is 0 Å². The highest BCUT2D eigenvalue weighted by Crippen LogP contribution is 2.24. The van der Waals surface area contributed by atoms with Gasteiger partial charge in [-0.2, -0.15) is 0 Å². The van der Waals surface area contributed by atoms with Crippen molar-refractivity contribution in [1.29, 1.82) is 0 Å². The molecule has 0 aliphatic carbocycles. The Balaban J connectivity index is 1.65. The van der Waals surface area contributed by atoms with Crippen LogP contribution in [0.3, 0.4) is 0 Å². The van der Waals surface area contributed by atoms with Crippen LogP contribution in [0.1, 0.15) is 11.3 Å². The Hall–Kier alpha value is -2.04. The summed E-state index contributed by atoms with van der Waals surface area (Å²) in [5.41, 5.74) is 2.45. The molecule has 0 aliphatic rings. The SMILES string of the molecule is Fc1cccnc1CCNCc1ccc(Cl)c2cccnc12. The van der Waals surface area contributed by atoms with Crippen molar-refractivity contribution in [3.05, 3.63) is 70.9 Å². The number of benzene rings is 1. The van der Waals surface area contributed by atoms with Crippen LogP contribution in [0, 0.1) is 5.82 Å². The number of nitrogens with zero attached hydrogens (tertiary/aromatic N) is 2. The van der Waals surface area contributed by atoms with Gasteiger partial charge in [-0.3, -0.25) is 9.97 Å². The molecular formula is C17H15ClFN3. The summed E-state index contributed by atoms with van der Waals surface area (Å²) in [6.45, 7) is 1.30. The molecule has 2 heterocycles. The molecule has 0 fully saturated rings. The molecule has 2 aromatic heterocycles. The number of halogens is 2. The number of pyridine rings is 2. The van der Waals surface area contributed by atoms with Gasteiger partial charge in [0.2, 0.25) is 0 Å². The lowest BCUT2D eigenvalue weighted by molar-refractivity contribution is 0.586. The zero-order valence-electron chi connectivity index (χ0n) is 11.9. The average molecular weight is 316 g/mol. The zero-order chi connectivity index (χ0) is 15.4. The molecule has 22 heavy (non-hydrogen) atoms. The first-order valence-electron chi connectivity index (χ1n) is 7.08. The maximum atomic E-state index is 13.5. The third kappa shape index (κ3) is 3.24. The highest BCUT2D eigenvalue weighted by atomic mass is 35.5. The number of hydrogen-bond donors (Lipinski definition) is 1. The second kappa shape index (κ2) is 6.81. The zero-order valence-corrected chi connectivity index (χ0v) is 12.6. The van der Waals surface area contributed by atoms with Crippen molar-refractivity contribution in [3.63, 3.8) is 0 Å². The van der Waals surface area contributed by atoms with Gasteiger partial charge in [-0.1, -0.05) is 17.7 Å². The molecule has 0 bridgehead atoms. The van der Waals surface area contributed by atoms with E-state index in [-0.39, 0.29) is 5.82 Å². The quantitative estimate of drug-likeness (QED) is 0.729. The first-order chi connectivity index (χ1) is 10.8. The predicted molar refractivity (Wildman–Crippen MR) is 86.4 cm³/mol. The molecule has 1 aromatic carbocycles. The fourth-order valence-corrected chi connectivity index (χ4v) is 2.59. The van der Waals surface area contributed by atoms with Gasteiger partial charge >= 0.3 is 0 Å². The number of rotatable bonds is 5. The minimum Gasteiger partial charge on any atom is -0.312 e. The molecule has 112 valence electrons. The van der Waals surface area contributed by atoms with E-state index >= 15 is 0 Å². The van der Waals surface area contributed by atoms with Crippen LogP contribution in [-0.4, -0.2) is 16.5 Å². The standard InChI is InChI=1S/C17H15ClFN3/c18-14-6-5-12(17-13(14)3-1-9-22-17)11-20-10-7-16-15(19)4-2-8-21-16/h1-6,8-9,20H,7,10-11H2. The van der Waals surface area contributed by atoms with Crippen molar-refractivity contribution in [2.24, 2.45) is 0 Å². The molecule has 0 saturated carbocycles. The molecule has 0 radical (unpaired) electrons. The summed E-state index contributed by atoms with van der Waals surface area (Å²) in [6, 6.07) is 10.7. The maximum absolute atomic E-state index is 13.5. The molecule has 0 unspecified atom stereocenters. The van der Waals surface area contributed by atoms with E-state index in [1.807, 2.05) is 24.3 Å². The van der Waals surface area contributed by atoms with Crippen molar-refractivity contribution in [3.8, 4) is 0 Å². The maximum Gasteiger partial charge on any atom is 0.144 e. The van der Waals surface area contributed by atoms with Gasteiger partial charge in [0.15, 0.2) is 0 Å². The second-order valence-corrected chi connectivity index (χ2v) is 5.37. The van der Waals surface area contributed by atoms with Crippen LogP contribution < -0.4 is 5.32 Å². The molecule has 3 nitrogen and oxygen atoms in total. The van der Waals surface area contributed by atoms with E-state index in [1.54, 1.807) is 18.5 Å². The Labute approximate surface area is 133 Å². The third-order valence-corrected chi connectivity index (χ3v) is 3.82. The predicted octanol–water partition coefficient (Wildman–Crippen LogP) is 3.75. The highest BCUT2D eigenvalue weighted by molar-refractivity contribution is 6.35. The second-order valence-electron chi connectivity index (χ2n) is 4.96. The fourth-order valence-electron chi connectivity index (χ4n) is 2.37. The molecule has 1 N–H and O–H groups in total. The van der Waals surface area contributed by atoms with Gasteiger partial charge in [0.1, 0.15) is 5.82 Å². The van der Waals surface area contributed by atoms with E-state index in [9.17, 15) is 4.39 Å². The minimum absolute atomic E-state index is 0.261. The number of hydrogen-bond acceptors (Lipinski definition) is 3.